The van der Waals surface area contributed by atoms with Gasteiger partial charge in [-0.05, 0) is 48.5 Å². The molecular formula is C25H16N2O2S. The maximum atomic E-state index is 13.5. The van der Waals surface area contributed by atoms with Crippen LogP contribution in [0.5, 0.6) is 0 Å². The van der Waals surface area contributed by atoms with Crippen molar-refractivity contribution in [1.29, 1.82) is 5.26 Å². The summed E-state index contributed by atoms with van der Waals surface area (Å²) in [5, 5.41) is 11.2. The summed E-state index contributed by atoms with van der Waals surface area (Å²) in [6, 6.07) is 31.0. The minimum atomic E-state index is -3.79. The van der Waals surface area contributed by atoms with Crippen molar-refractivity contribution >= 4 is 31.6 Å². The molecule has 0 radical (unpaired) electrons. The molecule has 5 rings (SSSR count). The second-order valence-electron chi connectivity index (χ2n) is 6.98. The van der Waals surface area contributed by atoms with E-state index < -0.39 is 9.84 Å². The first-order valence-electron chi connectivity index (χ1n) is 9.44. The molecular weight excluding hydrogens is 392 g/mol. The Morgan fingerprint density at radius 3 is 1.80 bits per heavy atom. The van der Waals surface area contributed by atoms with Crippen LogP contribution in [-0.2, 0) is 9.84 Å². The van der Waals surface area contributed by atoms with Crippen LogP contribution in [0.4, 0.5) is 0 Å². The predicted molar refractivity (Wildman–Crippen MR) is 117 cm³/mol. The van der Waals surface area contributed by atoms with Crippen LogP contribution in [0.3, 0.4) is 0 Å². The van der Waals surface area contributed by atoms with Crippen molar-refractivity contribution in [3.05, 3.63) is 103 Å². The van der Waals surface area contributed by atoms with E-state index in [9.17, 15) is 8.42 Å². The van der Waals surface area contributed by atoms with Crippen LogP contribution >= 0.6 is 0 Å². The number of benzene rings is 4. The molecule has 0 unspecified atom stereocenters. The van der Waals surface area contributed by atoms with Crippen molar-refractivity contribution in [3.8, 4) is 11.8 Å². The van der Waals surface area contributed by atoms with Gasteiger partial charge in [0.15, 0.2) is 0 Å². The molecule has 0 aliphatic carbocycles. The normalized spacial score (nSPS) is 11.6. The second-order valence-corrected chi connectivity index (χ2v) is 8.90. The van der Waals surface area contributed by atoms with E-state index in [2.05, 4.69) is 0 Å². The molecule has 1 heterocycles. The van der Waals surface area contributed by atoms with E-state index in [0.717, 1.165) is 21.8 Å². The summed E-state index contributed by atoms with van der Waals surface area (Å²) in [5.74, 6) is 0. The highest BCUT2D eigenvalue weighted by Gasteiger charge is 2.23. The van der Waals surface area contributed by atoms with E-state index in [1.807, 2.05) is 71.3 Å². The number of nitriles is 1. The zero-order valence-electron chi connectivity index (χ0n) is 15.9. The van der Waals surface area contributed by atoms with Gasteiger partial charge >= 0.3 is 0 Å². The molecule has 0 saturated carbocycles. The van der Waals surface area contributed by atoms with E-state index in [-0.39, 0.29) is 9.79 Å². The average molecular weight is 408 g/mol. The Hall–Kier alpha value is -3.88. The highest BCUT2D eigenvalue weighted by molar-refractivity contribution is 7.91. The lowest BCUT2D eigenvalue weighted by Gasteiger charge is -2.14. The molecule has 30 heavy (non-hydrogen) atoms. The topological polar surface area (TPSA) is 62.9 Å². The van der Waals surface area contributed by atoms with E-state index in [0.29, 0.717) is 11.3 Å². The first-order valence-corrected chi connectivity index (χ1v) is 10.9. The molecule has 5 aromatic rings. The maximum Gasteiger partial charge on any atom is 0.208 e. The highest BCUT2D eigenvalue weighted by atomic mass is 32.2. The van der Waals surface area contributed by atoms with Gasteiger partial charge in [0, 0.05) is 10.8 Å². The highest BCUT2D eigenvalue weighted by Crippen LogP contribution is 2.35. The average Bonchev–Trinajstić information content (AvgIpc) is 3.13. The van der Waals surface area contributed by atoms with Crippen molar-refractivity contribution in [2.24, 2.45) is 0 Å². The summed E-state index contributed by atoms with van der Waals surface area (Å²) in [4.78, 5) is 0.385. The van der Waals surface area contributed by atoms with Crippen LogP contribution in [0.25, 0.3) is 27.5 Å². The van der Waals surface area contributed by atoms with E-state index in [1.54, 1.807) is 12.1 Å². The van der Waals surface area contributed by atoms with Crippen LogP contribution in [0.15, 0.2) is 107 Å². The number of hydrogen-bond acceptors (Lipinski definition) is 3. The molecule has 0 saturated heterocycles. The molecule has 144 valence electrons. The van der Waals surface area contributed by atoms with Gasteiger partial charge in [0.1, 0.15) is 0 Å². The lowest BCUT2D eigenvalue weighted by atomic mass is 10.2. The first-order chi connectivity index (χ1) is 14.6. The molecule has 0 amide bonds. The molecule has 4 aromatic carbocycles. The summed E-state index contributed by atoms with van der Waals surface area (Å²) in [7, 11) is -3.79. The lowest BCUT2D eigenvalue weighted by molar-refractivity contribution is 0.595. The summed E-state index contributed by atoms with van der Waals surface area (Å²) >= 11 is 0. The molecule has 0 aliphatic heterocycles. The van der Waals surface area contributed by atoms with E-state index in [4.69, 9.17) is 5.26 Å². The molecule has 1 aromatic heterocycles. The number of nitrogens with zero attached hydrogens (tertiary/aromatic N) is 2. The molecule has 0 spiro atoms. The van der Waals surface area contributed by atoms with Crippen molar-refractivity contribution in [2.45, 2.75) is 9.79 Å². The summed E-state index contributed by atoms with van der Waals surface area (Å²) in [6.07, 6.45) is 0. The van der Waals surface area contributed by atoms with Crippen LogP contribution in [-0.4, -0.2) is 13.0 Å². The monoisotopic (exact) mass is 408 g/mol. The van der Waals surface area contributed by atoms with Gasteiger partial charge in [-0.1, -0.05) is 48.5 Å². The Balaban J connectivity index is 1.82. The molecule has 0 N–H and O–H groups in total. The quantitative estimate of drug-likeness (QED) is 0.397. The van der Waals surface area contributed by atoms with Crippen molar-refractivity contribution in [3.63, 3.8) is 0 Å². The van der Waals surface area contributed by atoms with Gasteiger partial charge in [-0.15, -0.1) is 0 Å². The van der Waals surface area contributed by atoms with Crippen LogP contribution in [0, 0.1) is 11.3 Å². The van der Waals surface area contributed by atoms with Crippen molar-refractivity contribution in [1.82, 2.24) is 4.57 Å². The van der Waals surface area contributed by atoms with Gasteiger partial charge in [0.25, 0.3) is 0 Å². The molecule has 0 atom stereocenters. The first kappa shape index (κ1) is 18.2. The number of para-hydroxylation sites is 3. The number of fused-ring (bicyclic) bond motifs is 3. The van der Waals surface area contributed by atoms with Gasteiger partial charge in [0.05, 0.1) is 38.1 Å². The third-order valence-electron chi connectivity index (χ3n) is 5.27. The summed E-state index contributed by atoms with van der Waals surface area (Å²) in [5.41, 5.74) is 2.91. The van der Waals surface area contributed by atoms with Gasteiger partial charge in [-0.2, -0.15) is 5.26 Å². The molecule has 0 aliphatic rings. The van der Waals surface area contributed by atoms with Crippen LogP contribution in [0.2, 0.25) is 0 Å². The van der Waals surface area contributed by atoms with Gasteiger partial charge in [-0.3, -0.25) is 0 Å². The zero-order chi connectivity index (χ0) is 20.7. The lowest BCUT2D eigenvalue weighted by Crippen LogP contribution is -2.07. The molecule has 4 nitrogen and oxygen atoms in total. The fraction of sp³-hybridized carbons (Fsp3) is 0. The number of sulfone groups is 1. The van der Waals surface area contributed by atoms with Crippen molar-refractivity contribution < 1.29 is 8.42 Å². The number of aromatic nitrogens is 1. The smallest absolute Gasteiger partial charge is 0.208 e. The second kappa shape index (κ2) is 6.87. The number of hydrogen-bond donors (Lipinski definition) is 0. The Morgan fingerprint density at radius 1 is 0.667 bits per heavy atom. The Morgan fingerprint density at radius 2 is 1.20 bits per heavy atom. The fourth-order valence-corrected chi connectivity index (χ4v) is 5.33. The Kier molecular flexibility index (Phi) is 4.16. The van der Waals surface area contributed by atoms with Gasteiger partial charge < -0.3 is 4.57 Å². The third kappa shape index (κ3) is 2.70. The minimum absolute atomic E-state index is 0.162. The fourth-order valence-electron chi connectivity index (χ4n) is 3.89. The molecule has 0 fully saturated rings. The van der Waals surface area contributed by atoms with E-state index >= 15 is 0 Å². The Bertz CT molecular complexity index is 1500. The predicted octanol–water partition coefficient (Wildman–Crippen LogP) is 5.49. The largest absolute Gasteiger partial charge is 0.308 e. The standard InChI is InChI=1S/C25H16N2O2S/c26-17-18-13-15-19(16-14-18)30(28,29)25-12-6-5-11-24(25)27-22-9-3-1-7-20(22)21-8-2-4-10-23(21)27/h1-16H. The third-order valence-corrected chi connectivity index (χ3v) is 7.09. The Labute approximate surface area is 174 Å². The minimum Gasteiger partial charge on any atom is -0.308 e. The SMILES string of the molecule is N#Cc1ccc(S(=O)(=O)c2ccccc2-n2c3ccccc3c3ccccc32)cc1. The summed E-state index contributed by atoms with van der Waals surface area (Å²) < 4.78 is 29.1. The molecule has 0 bridgehead atoms. The van der Waals surface area contributed by atoms with Gasteiger partial charge in [0.2, 0.25) is 9.84 Å². The van der Waals surface area contributed by atoms with Crippen molar-refractivity contribution in [2.75, 3.05) is 0 Å². The zero-order valence-corrected chi connectivity index (χ0v) is 16.7. The molecule has 5 heteroatoms. The number of rotatable bonds is 3. The maximum absolute atomic E-state index is 13.5. The van der Waals surface area contributed by atoms with Crippen LogP contribution < -0.4 is 0 Å². The van der Waals surface area contributed by atoms with E-state index in [1.165, 1.54) is 24.3 Å². The van der Waals surface area contributed by atoms with Gasteiger partial charge in [-0.25, -0.2) is 8.42 Å². The van der Waals surface area contributed by atoms with Crippen LogP contribution in [0.1, 0.15) is 5.56 Å². The summed E-state index contributed by atoms with van der Waals surface area (Å²) in [6.45, 7) is 0.